The molecule has 0 aliphatic heterocycles. The maximum atomic E-state index is 11.8. The molecular formula is C9H17N3O2S. The first kappa shape index (κ1) is 12.2. The van der Waals surface area contributed by atoms with Crippen molar-refractivity contribution in [2.45, 2.75) is 38.5 Å². The van der Waals surface area contributed by atoms with E-state index in [0.29, 0.717) is 5.82 Å². The summed E-state index contributed by atoms with van der Waals surface area (Å²) < 4.78 is 25.4. The van der Waals surface area contributed by atoms with E-state index >= 15 is 0 Å². The minimum absolute atomic E-state index is 0.343. The molecule has 0 aliphatic carbocycles. The predicted molar refractivity (Wildman–Crippen MR) is 58.8 cm³/mol. The van der Waals surface area contributed by atoms with Gasteiger partial charge >= 0.3 is 0 Å². The van der Waals surface area contributed by atoms with Gasteiger partial charge in [0, 0.05) is 12.4 Å². The monoisotopic (exact) mass is 231 g/mol. The molecule has 0 spiro atoms. The van der Waals surface area contributed by atoms with E-state index in [1.807, 2.05) is 0 Å². The number of aromatic amines is 1. The van der Waals surface area contributed by atoms with Gasteiger partial charge in [0.1, 0.15) is 5.82 Å². The number of hydrogen-bond acceptors (Lipinski definition) is 3. The van der Waals surface area contributed by atoms with Crippen molar-refractivity contribution in [1.82, 2.24) is 14.7 Å². The van der Waals surface area contributed by atoms with Gasteiger partial charge in [-0.25, -0.2) is 18.1 Å². The van der Waals surface area contributed by atoms with Gasteiger partial charge < -0.3 is 4.98 Å². The van der Waals surface area contributed by atoms with Crippen molar-refractivity contribution < 1.29 is 8.42 Å². The summed E-state index contributed by atoms with van der Waals surface area (Å²) in [6.45, 7) is 6.72. The highest BCUT2D eigenvalue weighted by molar-refractivity contribution is 7.90. The third-order valence-electron chi connectivity index (χ3n) is 2.07. The Morgan fingerprint density at radius 2 is 2.07 bits per heavy atom. The summed E-state index contributed by atoms with van der Waals surface area (Å²) in [4.78, 5) is 6.87. The van der Waals surface area contributed by atoms with E-state index in [1.165, 1.54) is 0 Å². The van der Waals surface area contributed by atoms with E-state index in [-0.39, 0.29) is 6.04 Å². The first-order valence-electron chi connectivity index (χ1n) is 4.75. The molecule has 1 aromatic heterocycles. The Balaban J connectivity index is 2.80. The van der Waals surface area contributed by atoms with Gasteiger partial charge in [-0.1, -0.05) is 0 Å². The molecule has 1 aromatic rings. The molecular weight excluding hydrogens is 214 g/mol. The average molecular weight is 231 g/mol. The standard InChI is InChI=1S/C9H17N3O2S/c1-7(8-10-5-6-11-8)12-15(13,14)9(2,3)4/h5-7,12H,1-4H3,(H,10,11). The average Bonchev–Trinajstić information content (AvgIpc) is 2.51. The highest BCUT2D eigenvalue weighted by atomic mass is 32.2. The van der Waals surface area contributed by atoms with Crippen LogP contribution in [0.15, 0.2) is 12.4 Å². The van der Waals surface area contributed by atoms with Crippen LogP contribution >= 0.6 is 0 Å². The first-order valence-corrected chi connectivity index (χ1v) is 6.23. The number of nitrogens with one attached hydrogen (secondary N) is 2. The van der Waals surface area contributed by atoms with E-state index in [9.17, 15) is 8.42 Å². The molecule has 0 bridgehead atoms. The zero-order valence-electron chi connectivity index (χ0n) is 9.40. The summed E-state index contributed by atoms with van der Waals surface area (Å²) in [7, 11) is -3.33. The second kappa shape index (κ2) is 3.94. The molecule has 0 saturated heterocycles. The van der Waals surface area contributed by atoms with Crippen LogP contribution in [0.2, 0.25) is 0 Å². The number of rotatable bonds is 3. The van der Waals surface area contributed by atoms with Crippen molar-refractivity contribution in [2.75, 3.05) is 0 Å². The Bertz CT molecular complexity index is 403. The van der Waals surface area contributed by atoms with Crippen molar-refractivity contribution in [3.63, 3.8) is 0 Å². The van der Waals surface area contributed by atoms with Crippen LogP contribution in [0.1, 0.15) is 39.6 Å². The van der Waals surface area contributed by atoms with Gasteiger partial charge in [-0.05, 0) is 27.7 Å². The smallest absolute Gasteiger partial charge is 0.217 e. The Morgan fingerprint density at radius 1 is 1.47 bits per heavy atom. The molecule has 0 aromatic carbocycles. The van der Waals surface area contributed by atoms with Gasteiger partial charge in [-0.2, -0.15) is 0 Å². The maximum absolute atomic E-state index is 11.8. The summed E-state index contributed by atoms with van der Waals surface area (Å²) in [5.41, 5.74) is 0. The summed E-state index contributed by atoms with van der Waals surface area (Å²) in [5, 5.41) is 0. The Labute approximate surface area is 90.4 Å². The molecule has 1 unspecified atom stereocenters. The van der Waals surface area contributed by atoms with Crippen molar-refractivity contribution in [3.05, 3.63) is 18.2 Å². The molecule has 1 atom stereocenters. The molecule has 0 aliphatic rings. The molecule has 0 radical (unpaired) electrons. The first-order chi connectivity index (χ1) is 6.74. The largest absolute Gasteiger partial charge is 0.347 e. The third-order valence-corrected chi connectivity index (χ3v) is 4.34. The second-order valence-electron chi connectivity index (χ2n) is 4.43. The topological polar surface area (TPSA) is 74.8 Å². The summed E-state index contributed by atoms with van der Waals surface area (Å²) >= 11 is 0. The summed E-state index contributed by atoms with van der Waals surface area (Å²) in [5.74, 6) is 0.614. The van der Waals surface area contributed by atoms with Gasteiger partial charge in [0.25, 0.3) is 0 Å². The summed E-state index contributed by atoms with van der Waals surface area (Å²) in [6, 6.07) is -0.343. The molecule has 1 heterocycles. The van der Waals surface area contributed by atoms with E-state index in [2.05, 4.69) is 14.7 Å². The fourth-order valence-electron chi connectivity index (χ4n) is 0.980. The number of H-pyrrole nitrogens is 1. The second-order valence-corrected chi connectivity index (χ2v) is 6.90. The zero-order valence-corrected chi connectivity index (χ0v) is 10.2. The predicted octanol–water partition coefficient (Wildman–Crippen LogP) is 1.19. The molecule has 1 rings (SSSR count). The van der Waals surface area contributed by atoms with Crippen molar-refractivity contribution >= 4 is 10.0 Å². The van der Waals surface area contributed by atoms with Crippen LogP contribution < -0.4 is 4.72 Å². The Morgan fingerprint density at radius 3 is 2.47 bits per heavy atom. The molecule has 86 valence electrons. The molecule has 2 N–H and O–H groups in total. The molecule has 0 saturated carbocycles. The molecule has 6 heteroatoms. The Kier molecular flexibility index (Phi) is 3.20. The van der Waals surface area contributed by atoms with Crippen molar-refractivity contribution in [3.8, 4) is 0 Å². The van der Waals surface area contributed by atoms with Gasteiger partial charge in [-0.3, -0.25) is 0 Å². The Hall–Kier alpha value is -0.880. The number of sulfonamides is 1. The molecule has 0 amide bonds. The molecule has 0 fully saturated rings. The lowest BCUT2D eigenvalue weighted by Gasteiger charge is -2.22. The number of hydrogen-bond donors (Lipinski definition) is 2. The van der Waals surface area contributed by atoms with E-state index < -0.39 is 14.8 Å². The minimum atomic E-state index is -3.33. The quantitative estimate of drug-likeness (QED) is 0.820. The van der Waals surface area contributed by atoms with Gasteiger partial charge in [0.2, 0.25) is 10.0 Å². The summed E-state index contributed by atoms with van der Waals surface area (Å²) in [6.07, 6.45) is 3.26. The van der Waals surface area contributed by atoms with Crippen LogP contribution in [-0.4, -0.2) is 23.1 Å². The van der Waals surface area contributed by atoms with Crippen LogP contribution in [0.5, 0.6) is 0 Å². The fourth-order valence-corrected chi connectivity index (χ4v) is 1.91. The normalized spacial score (nSPS) is 15.2. The van der Waals surface area contributed by atoms with E-state index in [4.69, 9.17) is 0 Å². The molecule has 5 nitrogen and oxygen atoms in total. The van der Waals surface area contributed by atoms with Crippen molar-refractivity contribution in [2.24, 2.45) is 0 Å². The maximum Gasteiger partial charge on any atom is 0.217 e. The van der Waals surface area contributed by atoms with Crippen LogP contribution in [0.4, 0.5) is 0 Å². The fraction of sp³-hybridized carbons (Fsp3) is 0.667. The highest BCUT2D eigenvalue weighted by Crippen LogP contribution is 2.17. The number of aromatic nitrogens is 2. The third kappa shape index (κ3) is 2.79. The van der Waals surface area contributed by atoms with Gasteiger partial charge in [0.05, 0.1) is 10.8 Å². The lowest BCUT2D eigenvalue weighted by molar-refractivity contribution is 0.527. The lowest BCUT2D eigenvalue weighted by atomic mass is 10.3. The number of imidazole rings is 1. The highest BCUT2D eigenvalue weighted by Gasteiger charge is 2.30. The van der Waals surface area contributed by atoms with Gasteiger partial charge in [0.15, 0.2) is 0 Å². The molecule has 15 heavy (non-hydrogen) atoms. The SMILES string of the molecule is CC(NS(=O)(=O)C(C)(C)C)c1ncc[nH]1. The lowest BCUT2D eigenvalue weighted by Crippen LogP contribution is -2.40. The number of nitrogens with zero attached hydrogens (tertiary/aromatic N) is 1. The minimum Gasteiger partial charge on any atom is -0.347 e. The van der Waals surface area contributed by atoms with Crippen LogP contribution in [0.3, 0.4) is 0 Å². The van der Waals surface area contributed by atoms with E-state index in [0.717, 1.165) is 0 Å². The van der Waals surface area contributed by atoms with Gasteiger partial charge in [-0.15, -0.1) is 0 Å². The van der Waals surface area contributed by atoms with Crippen LogP contribution in [0, 0.1) is 0 Å². The van der Waals surface area contributed by atoms with Crippen molar-refractivity contribution in [1.29, 1.82) is 0 Å². The van der Waals surface area contributed by atoms with Crippen LogP contribution in [-0.2, 0) is 10.0 Å². The zero-order chi connectivity index (χ0) is 11.7. The van der Waals surface area contributed by atoms with E-state index in [1.54, 1.807) is 40.1 Å². The van der Waals surface area contributed by atoms with Crippen LogP contribution in [0.25, 0.3) is 0 Å².